The predicted octanol–water partition coefficient (Wildman–Crippen LogP) is 3.53. The van der Waals surface area contributed by atoms with Crippen LogP contribution in [0.15, 0.2) is 42.5 Å². The topological polar surface area (TPSA) is 92.8 Å². The number of hydrogen-bond donors (Lipinski definition) is 1. The Balaban J connectivity index is 2.26. The summed E-state index contributed by atoms with van der Waals surface area (Å²) in [5, 5.41) is 2.76. The smallest absolute Gasteiger partial charge is 0.338 e. The molecule has 0 aliphatic rings. The average Bonchev–Trinajstić information content (AvgIpc) is 2.69. The van der Waals surface area contributed by atoms with Gasteiger partial charge in [0.05, 0.1) is 24.1 Å². The van der Waals surface area contributed by atoms with Gasteiger partial charge in [0.15, 0.2) is 0 Å². The molecule has 1 N–H and O–H groups in total. The fourth-order valence-corrected chi connectivity index (χ4v) is 4.24. The van der Waals surface area contributed by atoms with Crippen LogP contribution in [-0.4, -0.2) is 39.2 Å². The molecule has 0 aliphatic heterocycles. The minimum atomic E-state index is -3.70. The van der Waals surface area contributed by atoms with Crippen LogP contribution < -0.4 is 9.62 Å². The van der Waals surface area contributed by atoms with E-state index in [1.54, 1.807) is 44.2 Å². The van der Waals surface area contributed by atoms with E-state index in [-0.39, 0.29) is 6.61 Å². The Morgan fingerprint density at radius 2 is 1.73 bits per heavy atom. The minimum absolute atomic E-state index is 0.272. The molecule has 1 unspecified atom stereocenters. The van der Waals surface area contributed by atoms with Gasteiger partial charge in [0.25, 0.3) is 0 Å². The lowest BCUT2D eigenvalue weighted by molar-refractivity contribution is -0.116. The minimum Gasteiger partial charge on any atom is -0.462 e. The van der Waals surface area contributed by atoms with Crippen molar-refractivity contribution < 1.29 is 22.7 Å². The van der Waals surface area contributed by atoms with Crippen LogP contribution in [0.2, 0.25) is 0 Å². The number of hydrogen-bond acceptors (Lipinski definition) is 5. The maximum atomic E-state index is 12.9. The van der Waals surface area contributed by atoms with Gasteiger partial charge in [0, 0.05) is 5.69 Å². The molecule has 0 aliphatic carbocycles. The Morgan fingerprint density at radius 3 is 2.23 bits per heavy atom. The van der Waals surface area contributed by atoms with Crippen molar-refractivity contribution in [1.29, 1.82) is 0 Å². The Labute approximate surface area is 178 Å². The summed E-state index contributed by atoms with van der Waals surface area (Å²) in [4.78, 5) is 24.7. The zero-order chi connectivity index (χ0) is 22.5. The number of esters is 1. The number of benzene rings is 2. The molecule has 2 rings (SSSR count). The number of aryl methyl sites for hydroxylation is 2. The van der Waals surface area contributed by atoms with Gasteiger partial charge in [-0.2, -0.15) is 0 Å². The van der Waals surface area contributed by atoms with E-state index >= 15 is 0 Å². The van der Waals surface area contributed by atoms with Crippen LogP contribution in [0.3, 0.4) is 0 Å². The number of rotatable bonds is 8. The molecule has 2 aromatic carbocycles. The van der Waals surface area contributed by atoms with Gasteiger partial charge in [-0.05, 0) is 68.7 Å². The fourth-order valence-electron chi connectivity index (χ4n) is 3.07. The summed E-state index contributed by atoms with van der Waals surface area (Å²) in [5.74, 6) is -0.919. The quantitative estimate of drug-likeness (QED) is 0.644. The van der Waals surface area contributed by atoms with Gasteiger partial charge in [-0.1, -0.05) is 19.1 Å². The van der Waals surface area contributed by atoms with Crippen molar-refractivity contribution >= 4 is 33.3 Å². The first-order valence-corrected chi connectivity index (χ1v) is 11.6. The second-order valence-electron chi connectivity index (χ2n) is 6.99. The molecule has 1 atom stereocenters. The lowest BCUT2D eigenvalue weighted by Crippen LogP contribution is -2.45. The van der Waals surface area contributed by atoms with E-state index < -0.39 is 27.9 Å². The van der Waals surface area contributed by atoms with Crippen LogP contribution in [0.25, 0.3) is 0 Å². The molecule has 0 saturated heterocycles. The van der Waals surface area contributed by atoms with E-state index in [9.17, 15) is 18.0 Å². The van der Waals surface area contributed by atoms with Crippen LogP contribution in [0.4, 0.5) is 11.4 Å². The molecule has 30 heavy (non-hydrogen) atoms. The third kappa shape index (κ3) is 5.60. The number of anilines is 2. The van der Waals surface area contributed by atoms with Crippen LogP contribution in [0.1, 0.15) is 42.3 Å². The van der Waals surface area contributed by atoms with E-state index in [2.05, 4.69) is 5.32 Å². The summed E-state index contributed by atoms with van der Waals surface area (Å²) in [6, 6.07) is 10.9. The van der Waals surface area contributed by atoms with Crippen molar-refractivity contribution in [2.75, 3.05) is 22.5 Å². The third-order valence-electron chi connectivity index (χ3n) is 4.68. The van der Waals surface area contributed by atoms with E-state index in [4.69, 9.17) is 4.74 Å². The Bertz CT molecular complexity index is 1020. The number of ether oxygens (including phenoxy) is 1. The van der Waals surface area contributed by atoms with Crippen LogP contribution in [0.5, 0.6) is 0 Å². The van der Waals surface area contributed by atoms with Crippen LogP contribution in [-0.2, 0) is 26.0 Å². The van der Waals surface area contributed by atoms with Crippen LogP contribution >= 0.6 is 0 Å². The maximum Gasteiger partial charge on any atom is 0.338 e. The number of nitrogens with zero attached hydrogens (tertiary/aromatic N) is 1. The largest absolute Gasteiger partial charge is 0.462 e. The summed E-state index contributed by atoms with van der Waals surface area (Å²) in [7, 11) is -3.70. The van der Waals surface area contributed by atoms with E-state index in [0.717, 1.165) is 22.5 Å². The summed E-state index contributed by atoms with van der Waals surface area (Å²) < 4.78 is 30.9. The average molecular weight is 433 g/mol. The maximum absolute atomic E-state index is 12.9. The highest BCUT2D eigenvalue weighted by molar-refractivity contribution is 7.92. The van der Waals surface area contributed by atoms with Crippen molar-refractivity contribution in [2.24, 2.45) is 0 Å². The summed E-state index contributed by atoms with van der Waals surface area (Å²) in [5.41, 5.74) is 3.04. The van der Waals surface area contributed by atoms with Gasteiger partial charge in [0.2, 0.25) is 15.9 Å². The Hall–Kier alpha value is -2.87. The first-order chi connectivity index (χ1) is 14.1. The van der Waals surface area contributed by atoms with Crippen molar-refractivity contribution in [3.8, 4) is 0 Å². The SMILES string of the molecule is CCOC(=O)c1ccc(NC(=O)C(C)N(c2ccc(CC)cc2)S(C)(=O)=O)c(C)c1. The number of nitrogens with one attached hydrogen (secondary N) is 1. The van der Waals surface area contributed by atoms with E-state index in [1.807, 2.05) is 19.1 Å². The number of amides is 1. The normalized spacial score (nSPS) is 12.2. The fraction of sp³-hybridized carbons (Fsp3) is 0.364. The molecule has 7 nitrogen and oxygen atoms in total. The molecule has 0 saturated carbocycles. The highest BCUT2D eigenvalue weighted by Crippen LogP contribution is 2.23. The number of sulfonamides is 1. The molecule has 2 aromatic rings. The zero-order valence-electron chi connectivity index (χ0n) is 17.9. The van der Waals surface area contributed by atoms with Crippen molar-refractivity contribution in [3.63, 3.8) is 0 Å². The Morgan fingerprint density at radius 1 is 1.10 bits per heavy atom. The van der Waals surface area contributed by atoms with Crippen LogP contribution in [0, 0.1) is 6.92 Å². The molecular weight excluding hydrogens is 404 g/mol. The first-order valence-electron chi connectivity index (χ1n) is 9.75. The van der Waals surface area contributed by atoms with Crippen molar-refractivity contribution in [2.45, 2.75) is 40.2 Å². The standard InChI is InChI=1S/C22H28N2O5S/c1-6-17-8-11-19(12-9-17)24(30(5,27)28)16(4)21(25)23-20-13-10-18(14-15(20)3)22(26)29-7-2/h8-14,16H,6-7H2,1-5H3,(H,23,25). The van der Waals surface area contributed by atoms with Gasteiger partial charge in [-0.3, -0.25) is 9.10 Å². The molecule has 0 radical (unpaired) electrons. The molecule has 0 aromatic heterocycles. The number of carbonyl (C=O) groups excluding carboxylic acids is 2. The highest BCUT2D eigenvalue weighted by Gasteiger charge is 2.29. The third-order valence-corrected chi connectivity index (χ3v) is 5.92. The first kappa shape index (κ1) is 23.4. The predicted molar refractivity (Wildman–Crippen MR) is 118 cm³/mol. The summed E-state index contributed by atoms with van der Waals surface area (Å²) in [6.07, 6.45) is 1.90. The number of carbonyl (C=O) groups is 2. The molecule has 0 spiro atoms. The molecule has 0 fully saturated rings. The molecule has 0 bridgehead atoms. The molecule has 8 heteroatoms. The summed E-state index contributed by atoms with van der Waals surface area (Å²) in [6.45, 7) is 7.29. The summed E-state index contributed by atoms with van der Waals surface area (Å²) >= 11 is 0. The van der Waals surface area contributed by atoms with Gasteiger partial charge in [0.1, 0.15) is 6.04 Å². The molecule has 162 valence electrons. The van der Waals surface area contributed by atoms with Gasteiger partial charge < -0.3 is 10.1 Å². The van der Waals surface area contributed by atoms with E-state index in [1.165, 1.54) is 6.92 Å². The lowest BCUT2D eigenvalue weighted by atomic mass is 10.1. The monoisotopic (exact) mass is 432 g/mol. The van der Waals surface area contributed by atoms with Gasteiger partial charge >= 0.3 is 5.97 Å². The highest BCUT2D eigenvalue weighted by atomic mass is 32.2. The van der Waals surface area contributed by atoms with Crippen molar-refractivity contribution in [1.82, 2.24) is 0 Å². The molecule has 0 heterocycles. The second-order valence-corrected chi connectivity index (χ2v) is 8.85. The van der Waals surface area contributed by atoms with E-state index in [0.29, 0.717) is 22.5 Å². The van der Waals surface area contributed by atoms with Gasteiger partial charge in [-0.25, -0.2) is 13.2 Å². The van der Waals surface area contributed by atoms with Crippen molar-refractivity contribution in [3.05, 3.63) is 59.2 Å². The Kier molecular flexibility index (Phi) is 7.61. The second kappa shape index (κ2) is 9.75. The molecular formula is C22H28N2O5S. The van der Waals surface area contributed by atoms with Gasteiger partial charge in [-0.15, -0.1) is 0 Å². The lowest BCUT2D eigenvalue weighted by Gasteiger charge is -2.28. The zero-order valence-corrected chi connectivity index (χ0v) is 18.7. The molecule has 1 amide bonds.